The van der Waals surface area contributed by atoms with Crippen molar-refractivity contribution in [2.75, 3.05) is 23.3 Å². The Morgan fingerprint density at radius 2 is 2.13 bits per heavy atom. The molecule has 0 saturated carbocycles. The van der Waals surface area contributed by atoms with Crippen LogP contribution in [0.25, 0.3) is 0 Å². The first kappa shape index (κ1) is 15.1. The number of anilines is 3. The standard InChI is InChI=1S/C15H18N6O2/c1-11-4-7-20(8-5-11)15-13(21(22)23)14(17-10-18-15)19-12-3-2-6-16-9-12/h2-3,6,9-11H,4-5,7-8H2,1H3,(H,17,18,19). The summed E-state index contributed by atoms with van der Waals surface area (Å²) in [6.07, 6.45) is 6.60. The maximum atomic E-state index is 11.6. The molecule has 1 saturated heterocycles. The lowest BCUT2D eigenvalue weighted by molar-refractivity contribution is -0.383. The number of nitrogens with one attached hydrogen (secondary N) is 1. The zero-order valence-electron chi connectivity index (χ0n) is 12.8. The van der Waals surface area contributed by atoms with Crippen LogP contribution >= 0.6 is 0 Å². The Labute approximate surface area is 133 Å². The molecule has 8 heteroatoms. The van der Waals surface area contributed by atoms with Crippen LogP contribution in [0.15, 0.2) is 30.9 Å². The Morgan fingerprint density at radius 3 is 2.78 bits per heavy atom. The molecule has 0 atom stereocenters. The summed E-state index contributed by atoms with van der Waals surface area (Å²) in [7, 11) is 0. The van der Waals surface area contributed by atoms with Crippen LogP contribution in [0.2, 0.25) is 0 Å². The lowest BCUT2D eigenvalue weighted by Crippen LogP contribution is -2.34. The van der Waals surface area contributed by atoms with Gasteiger partial charge in [-0.2, -0.15) is 0 Å². The Hall–Kier alpha value is -2.77. The highest BCUT2D eigenvalue weighted by molar-refractivity contribution is 5.74. The number of hydrogen-bond donors (Lipinski definition) is 1. The van der Waals surface area contributed by atoms with Crippen molar-refractivity contribution >= 4 is 23.0 Å². The number of rotatable bonds is 4. The fourth-order valence-corrected chi connectivity index (χ4v) is 2.65. The first-order chi connectivity index (χ1) is 11.1. The lowest BCUT2D eigenvalue weighted by Gasteiger charge is -2.30. The number of hydrogen-bond acceptors (Lipinski definition) is 7. The number of pyridine rings is 1. The van der Waals surface area contributed by atoms with E-state index in [1.54, 1.807) is 24.5 Å². The smallest absolute Gasteiger partial charge is 0.351 e. The van der Waals surface area contributed by atoms with Crippen molar-refractivity contribution in [2.45, 2.75) is 19.8 Å². The molecular formula is C15H18N6O2. The van der Waals surface area contributed by atoms with E-state index in [1.807, 2.05) is 4.90 Å². The lowest BCUT2D eigenvalue weighted by atomic mass is 9.99. The highest BCUT2D eigenvalue weighted by Gasteiger charge is 2.29. The molecule has 0 unspecified atom stereocenters. The van der Waals surface area contributed by atoms with Gasteiger partial charge >= 0.3 is 5.69 Å². The summed E-state index contributed by atoms with van der Waals surface area (Å²) in [5, 5.41) is 14.5. The number of nitrogens with zero attached hydrogens (tertiary/aromatic N) is 5. The molecule has 1 fully saturated rings. The van der Waals surface area contributed by atoms with Crippen LogP contribution in [0.3, 0.4) is 0 Å². The Balaban J connectivity index is 1.94. The predicted molar refractivity (Wildman–Crippen MR) is 86.8 cm³/mol. The molecule has 2 aromatic heterocycles. The maximum absolute atomic E-state index is 11.6. The highest BCUT2D eigenvalue weighted by Crippen LogP contribution is 2.35. The fourth-order valence-electron chi connectivity index (χ4n) is 2.65. The van der Waals surface area contributed by atoms with Crippen LogP contribution in [0, 0.1) is 16.0 Å². The third-order valence-electron chi connectivity index (χ3n) is 3.99. The van der Waals surface area contributed by atoms with Gasteiger partial charge in [0.15, 0.2) is 0 Å². The topological polar surface area (TPSA) is 97.1 Å². The molecule has 1 aliphatic heterocycles. The molecule has 3 heterocycles. The Morgan fingerprint density at radius 1 is 1.35 bits per heavy atom. The van der Waals surface area contributed by atoms with Gasteiger partial charge in [0.2, 0.25) is 11.6 Å². The van der Waals surface area contributed by atoms with Gasteiger partial charge in [-0.05, 0) is 30.9 Å². The molecule has 0 amide bonds. The van der Waals surface area contributed by atoms with Gasteiger partial charge in [0.05, 0.1) is 16.8 Å². The Kier molecular flexibility index (Phi) is 4.31. The molecule has 3 rings (SSSR count). The molecule has 1 N–H and O–H groups in total. The average Bonchev–Trinajstić information content (AvgIpc) is 2.56. The van der Waals surface area contributed by atoms with Gasteiger partial charge in [0, 0.05) is 19.3 Å². The minimum absolute atomic E-state index is 0.0918. The largest absolute Gasteiger partial charge is 0.353 e. The van der Waals surface area contributed by atoms with E-state index in [4.69, 9.17) is 0 Å². The summed E-state index contributed by atoms with van der Waals surface area (Å²) in [6, 6.07) is 3.53. The van der Waals surface area contributed by atoms with Crippen molar-refractivity contribution in [1.82, 2.24) is 15.0 Å². The second-order valence-electron chi connectivity index (χ2n) is 5.69. The zero-order valence-corrected chi connectivity index (χ0v) is 12.8. The van der Waals surface area contributed by atoms with E-state index in [2.05, 4.69) is 27.2 Å². The van der Waals surface area contributed by atoms with Crippen molar-refractivity contribution < 1.29 is 4.92 Å². The molecule has 1 aliphatic rings. The van der Waals surface area contributed by atoms with E-state index >= 15 is 0 Å². The van der Waals surface area contributed by atoms with Crippen LogP contribution in [0.4, 0.5) is 23.0 Å². The van der Waals surface area contributed by atoms with Crippen LogP contribution < -0.4 is 10.2 Å². The second kappa shape index (κ2) is 6.55. The molecule has 0 bridgehead atoms. The van der Waals surface area contributed by atoms with E-state index in [0.29, 0.717) is 17.4 Å². The second-order valence-corrected chi connectivity index (χ2v) is 5.69. The molecule has 2 aromatic rings. The molecule has 120 valence electrons. The van der Waals surface area contributed by atoms with Crippen LogP contribution in [0.5, 0.6) is 0 Å². The molecule has 0 radical (unpaired) electrons. The summed E-state index contributed by atoms with van der Waals surface area (Å²) in [4.78, 5) is 25.3. The van der Waals surface area contributed by atoms with Gasteiger partial charge in [-0.25, -0.2) is 9.97 Å². The average molecular weight is 314 g/mol. The molecule has 0 spiro atoms. The summed E-state index contributed by atoms with van der Waals surface area (Å²) < 4.78 is 0. The molecule has 0 aromatic carbocycles. The number of piperidine rings is 1. The normalized spacial score (nSPS) is 15.4. The predicted octanol–water partition coefficient (Wildman–Crippen LogP) is 2.76. The van der Waals surface area contributed by atoms with E-state index < -0.39 is 4.92 Å². The first-order valence-electron chi connectivity index (χ1n) is 7.56. The van der Waals surface area contributed by atoms with Crippen LogP contribution in [-0.2, 0) is 0 Å². The van der Waals surface area contributed by atoms with Crippen molar-refractivity contribution in [1.29, 1.82) is 0 Å². The van der Waals surface area contributed by atoms with Gasteiger partial charge in [-0.3, -0.25) is 15.1 Å². The highest BCUT2D eigenvalue weighted by atomic mass is 16.6. The third kappa shape index (κ3) is 3.36. The fraction of sp³-hybridized carbons (Fsp3) is 0.400. The zero-order chi connectivity index (χ0) is 16.2. The van der Waals surface area contributed by atoms with Gasteiger partial charge in [-0.15, -0.1) is 0 Å². The summed E-state index contributed by atoms with van der Waals surface area (Å²) in [6.45, 7) is 3.73. The van der Waals surface area contributed by atoms with Gasteiger partial charge in [0.25, 0.3) is 0 Å². The first-order valence-corrected chi connectivity index (χ1v) is 7.56. The number of aromatic nitrogens is 3. The maximum Gasteiger partial charge on any atom is 0.353 e. The molecular weight excluding hydrogens is 296 g/mol. The summed E-state index contributed by atoms with van der Waals surface area (Å²) in [5.74, 6) is 1.20. The van der Waals surface area contributed by atoms with E-state index in [0.717, 1.165) is 25.9 Å². The van der Waals surface area contributed by atoms with Gasteiger partial charge < -0.3 is 10.2 Å². The Bertz CT molecular complexity index is 686. The van der Waals surface area contributed by atoms with Crippen molar-refractivity contribution in [2.24, 2.45) is 5.92 Å². The van der Waals surface area contributed by atoms with E-state index in [1.165, 1.54) is 6.33 Å². The van der Waals surface area contributed by atoms with E-state index in [-0.39, 0.29) is 11.5 Å². The van der Waals surface area contributed by atoms with Crippen LogP contribution in [0.1, 0.15) is 19.8 Å². The van der Waals surface area contributed by atoms with Crippen molar-refractivity contribution in [3.63, 3.8) is 0 Å². The quantitative estimate of drug-likeness (QED) is 0.684. The minimum Gasteiger partial charge on any atom is -0.351 e. The SMILES string of the molecule is CC1CCN(c2ncnc(Nc3cccnc3)c2[N+](=O)[O-])CC1. The third-order valence-corrected chi connectivity index (χ3v) is 3.99. The summed E-state index contributed by atoms with van der Waals surface area (Å²) in [5.41, 5.74) is 0.554. The van der Waals surface area contributed by atoms with Crippen molar-refractivity contribution in [3.8, 4) is 0 Å². The molecule has 0 aliphatic carbocycles. The monoisotopic (exact) mass is 314 g/mol. The number of nitro groups is 1. The molecule has 23 heavy (non-hydrogen) atoms. The van der Waals surface area contributed by atoms with E-state index in [9.17, 15) is 10.1 Å². The van der Waals surface area contributed by atoms with Crippen molar-refractivity contribution in [3.05, 3.63) is 41.0 Å². The van der Waals surface area contributed by atoms with Gasteiger partial charge in [0.1, 0.15) is 6.33 Å². The van der Waals surface area contributed by atoms with Crippen LogP contribution in [-0.4, -0.2) is 33.0 Å². The van der Waals surface area contributed by atoms with Gasteiger partial charge in [-0.1, -0.05) is 6.92 Å². The summed E-state index contributed by atoms with van der Waals surface area (Å²) >= 11 is 0. The minimum atomic E-state index is -0.425. The molecule has 8 nitrogen and oxygen atoms in total.